The van der Waals surface area contributed by atoms with Crippen molar-refractivity contribution in [3.8, 4) is 0 Å². The Morgan fingerprint density at radius 1 is 1.29 bits per heavy atom. The first-order valence-corrected chi connectivity index (χ1v) is 6.17. The third kappa shape index (κ3) is 2.37. The number of halogens is 2. The van der Waals surface area contributed by atoms with Crippen LogP contribution in [0.2, 0.25) is 0 Å². The second-order valence-electron chi connectivity index (χ2n) is 3.86. The van der Waals surface area contributed by atoms with Crippen LogP contribution in [0.15, 0.2) is 29.6 Å². The van der Waals surface area contributed by atoms with Gasteiger partial charge < -0.3 is 5.32 Å². The zero-order valence-corrected chi connectivity index (χ0v) is 10.4. The second-order valence-corrected chi connectivity index (χ2v) is 4.97. The maximum absolute atomic E-state index is 13.7. The number of hydrogen-bond donors (Lipinski definition) is 1. The van der Waals surface area contributed by atoms with Gasteiger partial charge in [0.25, 0.3) is 0 Å². The summed E-state index contributed by atoms with van der Waals surface area (Å²) in [5, 5.41) is 4.98. The van der Waals surface area contributed by atoms with Gasteiger partial charge in [0.05, 0.1) is 6.04 Å². The molecule has 0 radical (unpaired) electrons. The predicted octanol–water partition coefficient (Wildman–Crippen LogP) is 3.64. The van der Waals surface area contributed by atoms with Crippen LogP contribution in [0.3, 0.4) is 0 Å². The van der Waals surface area contributed by atoms with Gasteiger partial charge in [-0.1, -0.05) is 12.1 Å². The van der Waals surface area contributed by atoms with Crippen molar-refractivity contribution in [2.45, 2.75) is 13.0 Å². The largest absolute Gasteiger partial charge is 0.309 e. The van der Waals surface area contributed by atoms with Crippen LogP contribution in [0.25, 0.3) is 0 Å². The predicted molar refractivity (Wildman–Crippen MR) is 66.3 cm³/mol. The van der Waals surface area contributed by atoms with Gasteiger partial charge in [-0.05, 0) is 37.0 Å². The summed E-state index contributed by atoms with van der Waals surface area (Å²) in [7, 11) is 1.74. The van der Waals surface area contributed by atoms with E-state index < -0.39 is 11.6 Å². The monoisotopic (exact) mass is 253 g/mol. The molecule has 1 aromatic carbocycles. The fraction of sp³-hybridized carbons (Fsp3) is 0.231. The molecule has 1 aromatic heterocycles. The number of rotatable bonds is 3. The van der Waals surface area contributed by atoms with Crippen LogP contribution >= 0.6 is 11.3 Å². The highest BCUT2D eigenvalue weighted by molar-refractivity contribution is 7.10. The Kier molecular flexibility index (Phi) is 3.54. The molecule has 2 aromatic rings. The molecule has 0 bridgehead atoms. The van der Waals surface area contributed by atoms with Crippen LogP contribution in [-0.4, -0.2) is 7.05 Å². The van der Waals surface area contributed by atoms with Crippen LogP contribution in [-0.2, 0) is 0 Å². The lowest BCUT2D eigenvalue weighted by Crippen LogP contribution is -2.18. The molecular weight excluding hydrogens is 240 g/mol. The summed E-state index contributed by atoms with van der Waals surface area (Å²) >= 11 is 1.60. The average molecular weight is 253 g/mol. The van der Waals surface area contributed by atoms with Crippen molar-refractivity contribution in [1.82, 2.24) is 5.32 Å². The highest BCUT2D eigenvalue weighted by atomic mass is 32.1. The minimum absolute atomic E-state index is 0.310. The van der Waals surface area contributed by atoms with Crippen molar-refractivity contribution in [3.63, 3.8) is 0 Å². The Labute approximate surface area is 103 Å². The molecule has 0 aliphatic carbocycles. The summed E-state index contributed by atoms with van der Waals surface area (Å²) in [6.07, 6.45) is 0. The smallest absolute Gasteiger partial charge is 0.163 e. The average Bonchev–Trinajstić information content (AvgIpc) is 2.72. The van der Waals surface area contributed by atoms with Crippen LogP contribution in [0.4, 0.5) is 8.78 Å². The Hall–Kier alpha value is -1.26. The van der Waals surface area contributed by atoms with Gasteiger partial charge in [0.15, 0.2) is 11.6 Å². The van der Waals surface area contributed by atoms with Crippen molar-refractivity contribution < 1.29 is 8.78 Å². The molecule has 2 rings (SSSR count). The first kappa shape index (κ1) is 12.2. The molecule has 4 heteroatoms. The molecule has 0 saturated heterocycles. The highest BCUT2D eigenvalue weighted by Crippen LogP contribution is 2.28. The molecule has 0 aliphatic heterocycles. The molecule has 1 unspecified atom stereocenters. The lowest BCUT2D eigenvalue weighted by Gasteiger charge is -2.16. The van der Waals surface area contributed by atoms with Crippen molar-refractivity contribution in [2.75, 3.05) is 7.05 Å². The Balaban J connectivity index is 2.45. The summed E-state index contributed by atoms with van der Waals surface area (Å²) in [6, 6.07) is 5.93. The summed E-state index contributed by atoms with van der Waals surface area (Å²) in [6.45, 7) is 1.99. The van der Waals surface area contributed by atoms with E-state index in [-0.39, 0.29) is 6.04 Å². The van der Waals surface area contributed by atoms with Crippen LogP contribution in [0, 0.1) is 18.6 Å². The Morgan fingerprint density at radius 2 is 2.06 bits per heavy atom. The molecule has 0 fully saturated rings. The van der Waals surface area contributed by atoms with E-state index in [4.69, 9.17) is 0 Å². The standard InChI is InChI=1S/C13H13F2NS/c1-8-6-9(7-17-8)13(16-2)10-4-3-5-11(14)12(10)15/h3-7,13,16H,1-2H3. The van der Waals surface area contributed by atoms with E-state index in [1.807, 2.05) is 18.4 Å². The van der Waals surface area contributed by atoms with E-state index in [1.165, 1.54) is 6.07 Å². The fourth-order valence-corrected chi connectivity index (χ4v) is 2.59. The van der Waals surface area contributed by atoms with Crippen molar-refractivity contribution >= 4 is 11.3 Å². The van der Waals surface area contributed by atoms with E-state index in [1.54, 1.807) is 24.5 Å². The second kappa shape index (κ2) is 4.94. The van der Waals surface area contributed by atoms with E-state index in [2.05, 4.69) is 5.32 Å². The van der Waals surface area contributed by atoms with E-state index in [9.17, 15) is 8.78 Å². The summed E-state index contributed by atoms with van der Waals surface area (Å²) < 4.78 is 26.9. The lowest BCUT2D eigenvalue weighted by atomic mass is 10.0. The molecule has 1 heterocycles. The molecule has 0 spiro atoms. The van der Waals surface area contributed by atoms with Crippen molar-refractivity contribution in [3.05, 3.63) is 57.3 Å². The summed E-state index contributed by atoms with van der Waals surface area (Å²) in [5.41, 5.74) is 1.30. The number of aryl methyl sites for hydroxylation is 1. The quantitative estimate of drug-likeness (QED) is 0.880. The van der Waals surface area contributed by atoms with Gasteiger partial charge in [-0.3, -0.25) is 0 Å². The van der Waals surface area contributed by atoms with E-state index in [0.29, 0.717) is 5.56 Å². The third-order valence-corrected chi connectivity index (χ3v) is 3.54. The minimum Gasteiger partial charge on any atom is -0.309 e. The van der Waals surface area contributed by atoms with Crippen LogP contribution < -0.4 is 5.32 Å². The zero-order valence-electron chi connectivity index (χ0n) is 9.63. The minimum atomic E-state index is -0.810. The first-order chi connectivity index (χ1) is 8.13. The van der Waals surface area contributed by atoms with Gasteiger partial charge in [0.2, 0.25) is 0 Å². The highest BCUT2D eigenvalue weighted by Gasteiger charge is 2.19. The maximum Gasteiger partial charge on any atom is 0.163 e. The molecule has 0 amide bonds. The Bertz CT molecular complexity index is 522. The zero-order chi connectivity index (χ0) is 12.4. The van der Waals surface area contributed by atoms with E-state index >= 15 is 0 Å². The first-order valence-electron chi connectivity index (χ1n) is 5.29. The summed E-state index contributed by atoms with van der Waals surface area (Å²) in [4.78, 5) is 1.15. The van der Waals surface area contributed by atoms with Gasteiger partial charge in [0.1, 0.15) is 0 Å². The molecule has 90 valence electrons. The van der Waals surface area contributed by atoms with Gasteiger partial charge in [0, 0.05) is 10.4 Å². The topological polar surface area (TPSA) is 12.0 Å². The number of nitrogens with one attached hydrogen (secondary N) is 1. The maximum atomic E-state index is 13.7. The third-order valence-electron chi connectivity index (χ3n) is 2.67. The molecule has 1 nitrogen and oxygen atoms in total. The molecular formula is C13H13F2NS. The SMILES string of the molecule is CNC(c1csc(C)c1)c1cccc(F)c1F. The van der Waals surface area contributed by atoms with Gasteiger partial charge in [-0.2, -0.15) is 0 Å². The molecule has 0 saturated carbocycles. The normalized spacial score (nSPS) is 12.7. The number of hydrogen-bond acceptors (Lipinski definition) is 2. The van der Waals surface area contributed by atoms with Gasteiger partial charge in [-0.25, -0.2) is 8.78 Å². The van der Waals surface area contributed by atoms with Gasteiger partial charge in [-0.15, -0.1) is 11.3 Å². The van der Waals surface area contributed by atoms with Crippen LogP contribution in [0.1, 0.15) is 22.0 Å². The van der Waals surface area contributed by atoms with Crippen molar-refractivity contribution in [2.24, 2.45) is 0 Å². The molecule has 0 aliphatic rings. The lowest BCUT2D eigenvalue weighted by molar-refractivity contribution is 0.487. The van der Waals surface area contributed by atoms with E-state index in [0.717, 1.165) is 16.5 Å². The molecule has 17 heavy (non-hydrogen) atoms. The number of benzene rings is 1. The summed E-state index contributed by atoms with van der Waals surface area (Å²) in [5.74, 6) is -1.59. The fourth-order valence-electron chi connectivity index (χ4n) is 1.86. The molecule has 1 N–H and O–H groups in total. The Morgan fingerprint density at radius 3 is 2.65 bits per heavy atom. The van der Waals surface area contributed by atoms with Crippen LogP contribution in [0.5, 0.6) is 0 Å². The number of thiophene rings is 1. The molecule has 1 atom stereocenters. The van der Waals surface area contributed by atoms with Gasteiger partial charge >= 0.3 is 0 Å². The van der Waals surface area contributed by atoms with Crippen molar-refractivity contribution in [1.29, 1.82) is 0 Å².